The van der Waals surface area contributed by atoms with Crippen LogP contribution >= 0.6 is 23.2 Å². The van der Waals surface area contributed by atoms with Crippen LogP contribution in [0.25, 0.3) is 0 Å². The van der Waals surface area contributed by atoms with E-state index in [4.69, 9.17) is 23.2 Å². The summed E-state index contributed by atoms with van der Waals surface area (Å²) >= 11 is 11.9. The zero-order chi connectivity index (χ0) is 17.5. The van der Waals surface area contributed by atoms with Crippen LogP contribution in [0.3, 0.4) is 0 Å². The van der Waals surface area contributed by atoms with E-state index in [-0.39, 0.29) is 30.8 Å². The predicted octanol–water partition coefficient (Wildman–Crippen LogP) is 3.99. The Kier molecular flexibility index (Phi) is 6.64. The molecule has 0 aromatic heterocycles. The first-order valence-corrected chi connectivity index (χ1v) is 8.30. The Hall–Kier alpha value is -2.04. The molecule has 2 N–H and O–H groups in total. The van der Waals surface area contributed by atoms with Crippen LogP contribution in [-0.4, -0.2) is 18.4 Å². The first kappa shape index (κ1) is 18.3. The van der Waals surface area contributed by atoms with E-state index in [1.54, 1.807) is 36.4 Å². The number of hydrogen-bond acceptors (Lipinski definition) is 2. The van der Waals surface area contributed by atoms with Gasteiger partial charge in [-0.15, -0.1) is 0 Å². The number of rotatable bonds is 6. The molecule has 2 amide bonds. The molecule has 0 spiro atoms. The molecule has 2 rings (SSSR count). The SMILES string of the molecule is CC(NC(=O)CCNC(=O)c1ccccc1)c1ccc(Cl)c(Cl)c1. The maximum atomic E-state index is 12.0. The molecule has 0 aliphatic carbocycles. The number of hydrogen-bond donors (Lipinski definition) is 2. The highest BCUT2D eigenvalue weighted by molar-refractivity contribution is 6.42. The van der Waals surface area contributed by atoms with Crippen LogP contribution < -0.4 is 10.6 Å². The quantitative estimate of drug-likeness (QED) is 0.813. The van der Waals surface area contributed by atoms with Crippen LogP contribution in [0.15, 0.2) is 48.5 Å². The molecule has 0 aliphatic rings. The van der Waals surface area contributed by atoms with Crippen molar-refractivity contribution >= 4 is 35.0 Å². The highest BCUT2D eigenvalue weighted by Crippen LogP contribution is 2.25. The molecule has 0 radical (unpaired) electrons. The van der Waals surface area contributed by atoms with Gasteiger partial charge in [0, 0.05) is 18.5 Å². The second kappa shape index (κ2) is 8.71. The van der Waals surface area contributed by atoms with Crippen LogP contribution in [0, 0.1) is 0 Å². The van der Waals surface area contributed by atoms with Gasteiger partial charge in [0.05, 0.1) is 16.1 Å². The van der Waals surface area contributed by atoms with Crippen molar-refractivity contribution < 1.29 is 9.59 Å². The maximum absolute atomic E-state index is 12.0. The van der Waals surface area contributed by atoms with Gasteiger partial charge >= 0.3 is 0 Å². The molecule has 0 bridgehead atoms. The van der Waals surface area contributed by atoms with Crippen molar-refractivity contribution in [2.45, 2.75) is 19.4 Å². The van der Waals surface area contributed by atoms with Gasteiger partial charge in [-0.05, 0) is 36.8 Å². The van der Waals surface area contributed by atoms with E-state index in [1.807, 2.05) is 19.1 Å². The average molecular weight is 365 g/mol. The van der Waals surface area contributed by atoms with Crippen molar-refractivity contribution in [2.75, 3.05) is 6.54 Å². The van der Waals surface area contributed by atoms with Crippen LogP contribution in [-0.2, 0) is 4.79 Å². The topological polar surface area (TPSA) is 58.2 Å². The van der Waals surface area contributed by atoms with Crippen LogP contribution in [0.1, 0.15) is 35.3 Å². The monoisotopic (exact) mass is 364 g/mol. The first-order valence-electron chi connectivity index (χ1n) is 7.55. The summed E-state index contributed by atoms with van der Waals surface area (Å²) in [7, 11) is 0. The highest BCUT2D eigenvalue weighted by atomic mass is 35.5. The van der Waals surface area contributed by atoms with E-state index >= 15 is 0 Å². The lowest BCUT2D eigenvalue weighted by Gasteiger charge is -2.15. The number of halogens is 2. The molecule has 126 valence electrons. The number of carbonyl (C=O) groups is 2. The fraction of sp³-hybridized carbons (Fsp3) is 0.222. The molecule has 0 saturated heterocycles. The third-order valence-corrected chi connectivity index (χ3v) is 4.23. The third kappa shape index (κ3) is 5.25. The summed E-state index contributed by atoms with van der Waals surface area (Å²) in [6.45, 7) is 2.13. The number of nitrogens with one attached hydrogen (secondary N) is 2. The lowest BCUT2D eigenvalue weighted by atomic mass is 10.1. The van der Waals surface area contributed by atoms with Crippen molar-refractivity contribution in [1.29, 1.82) is 0 Å². The predicted molar refractivity (Wildman–Crippen MR) is 96.4 cm³/mol. The summed E-state index contributed by atoms with van der Waals surface area (Å²) in [6.07, 6.45) is 0.199. The molecule has 0 aliphatic heterocycles. The minimum Gasteiger partial charge on any atom is -0.352 e. The average Bonchev–Trinajstić information content (AvgIpc) is 2.58. The van der Waals surface area contributed by atoms with Gasteiger partial charge in [-0.1, -0.05) is 47.5 Å². The zero-order valence-electron chi connectivity index (χ0n) is 13.2. The van der Waals surface area contributed by atoms with Crippen LogP contribution in [0.4, 0.5) is 0 Å². The minimum absolute atomic E-state index is 0.151. The molecule has 6 heteroatoms. The molecular weight excluding hydrogens is 347 g/mol. The Labute approximate surface area is 151 Å². The Balaban J connectivity index is 1.78. The van der Waals surface area contributed by atoms with Gasteiger partial charge < -0.3 is 10.6 Å². The minimum atomic E-state index is -0.197. The number of amides is 2. The molecule has 0 saturated carbocycles. The van der Waals surface area contributed by atoms with E-state index in [1.165, 1.54) is 0 Å². The van der Waals surface area contributed by atoms with Crippen LogP contribution in [0.5, 0.6) is 0 Å². The molecule has 2 aromatic carbocycles. The summed E-state index contributed by atoms with van der Waals surface area (Å²) in [4.78, 5) is 23.8. The zero-order valence-corrected chi connectivity index (χ0v) is 14.7. The summed E-state index contributed by atoms with van der Waals surface area (Å²) < 4.78 is 0. The summed E-state index contributed by atoms with van der Waals surface area (Å²) in [5.41, 5.74) is 1.44. The Morgan fingerprint density at radius 3 is 2.42 bits per heavy atom. The van der Waals surface area contributed by atoms with Crippen molar-refractivity contribution in [3.05, 3.63) is 69.7 Å². The maximum Gasteiger partial charge on any atom is 0.251 e. The number of carbonyl (C=O) groups excluding carboxylic acids is 2. The lowest BCUT2D eigenvalue weighted by molar-refractivity contribution is -0.121. The van der Waals surface area contributed by atoms with Crippen molar-refractivity contribution in [3.8, 4) is 0 Å². The van der Waals surface area contributed by atoms with Gasteiger partial charge in [-0.2, -0.15) is 0 Å². The van der Waals surface area contributed by atoms with E-state index in [2.05, 4.69) is 10.6 Å². The molecular formula is C18H18Cl2N2O2. The van der Waals surface area contributed by atoms with Crippen molar-refractivity contribution in [3.63, 3.8) is 0 Å². The molecule has 1 atom stereocenters. The van der Waals surface area contributed by atoms with Crippen molar-refractivity contribution in [2.24, 2.45) is 0 Å². The summed E-state index contributed by atoms with van der Waals surface area (Å²) in [5, 5.41) is 6.51. The van der Waals surface area contributed by atoms with Gasteiger partial charge in [0.2, 0.25) is 5.91 Å². The van der Waals surface area contributed by atoms with Gasteiger partial charge in [-0.3, -0.25) is 9.59 Å². The largest absolute Gasteiger partial charge is 0.352 e. The lowest BCUT2D eigenvalue weighted by Crippen LogP contribution is -2.32. The van der Waals surface area contributed by atoms with Crippen LogP contribution in [0.2, 0.25) is 10.0 Å². The normalized spacial score (nSPS) is 11.6. The Bertz CT molecular complexity index is 720. The van der Waals surface area contributed by atoms with E-state index in [0.717, 1.165) is 5.56 Å². The van der Waals surface area contributed by atoms with Crippen molar-refractivity contribution in [1.82, 2.24) is 10.6 Å². The molecule has 2 aromatic rings. The smallest absolute Gasteiger partial charge is 0.251 e. The molecule has 0 heterocycles. The fourth-order valence-electron chi connectivity index (χ4n) is 2.16. The summed E-state index contributed by atoms with van der Waals surface area (Å²) in [6, 6.07) is 13.9. The molecule has 4 nitrogen and oxygen atoms in total. The van der Waals surface area contributed by atoms with E-state index in [9.17, 15) is 9.59 Å². The van der Waals surface area contributed by atoms with Gasteiger partial charge in [0.15, 0.2) is 0 Å². The Morgan fingerprint density at radius 1 is 1.04 bits per heavy atom. The standard InChI is InChI=1S/C18H18Cl2N2O2/c1-12(14-7-8-15(19)16(20)11-14)22-17(23)9-10-21-18(24)13-5-3-2-4-6-13/h2-8,11-12H,9-10H2,1H3,(H,21,24)(H,22,23). The third-order valence-electron chi connectivity index (χ3n) is 3.49. The molecule has 1 unspecified atom stereocenters. The highest BCUT2D eigenvalue weighted by Gasteiger charge is 2.11. The van der Waals surface area contributed by atoms with E-state index < -0.39 is 0 Å². The molecule has 0 fully saturated rings. The second-order valence-electron chi connectivity index (χ2n) is 5.33. The Morgan fingerprint density at radius 2 is 1.75 bits per heavy atom. The summed E-state index contributed by atoms with van der Waals surface area (Å²) in [5.74, 6) is -0.345. The molecule has 24 heavy (non-hydrogen) atoms. The second-order valence-corrected chi connectivity index (χ2v) is 6.15. The first-order chi connectivity index (χ1) is 11.5. The van der Waals surface area contributed by atoms with Gasteiger partial charge in [0.25, 0.3) is 5.91 Å². The van der Waals surface area contributed by atoms with Gasteiger partial charge in [0.1, 0.15) is 0 Å². The fourth-order valence-corrected chi connectivity index (χ4v) is 2.47. The van der Waals surface area contributed by atoms with E-state index in [0.29, 0.717) is 15.6 Å². The van der Waals surface area contributed by atoms with Gasteiger partial charge in [-0.25, -0.2) is 0 Å². The number of benzene rings is 2.